The third-order valence-corrected chi connectivity index (χ3v) is 3.50. The van der Waals surface area contributed by atoms with Gasteiger partial charge >= 0.3 is 0 Å². The number of hydrogen-bond donors (Lipinski definition) is 1. The van der Waals surface area contributed by atoms with Crippen molar-refractivity contribution >= 4 is 5.91 Å². The molecule has 1 aromatic heterocycles. The molecule has 0 bridgehead atoms. The molecule has 0 saturated carbocycles. The molecule has 1 aliphatic heterocycles. The van der Waals surface area contributed by atoms with Crippen molar-refractivity contribution in [3.63, 3.8) is 0 Å². The van der Waals surface area contributed by atoms with Gasteiger partial charge in [-0.3, -0.25) is 9.69 Å². The van der Waals surface area contributed by atoms with Crippen molar-refractivity contribution in [2.75, 3.05) is 32.8 Å². The summed E-state index contributed by atoms with van der Waals surface area (Å²) in [7, 11) is 0. The van der Waals surface area contributed by atoms with Crippen molar-refractivity contribution in [2.24, 2.45) is 5.41 Å². The zero-order valence-corrected chi connectivity index (χ0v) is 12.5. The molecule has 1 atom stereocenters. The van der Waals surface area contributed by atoms with E-state index in [0.29, 0.717) is 6.54 Å². The van der Waals surface area contributed by atoms with Crippen molar-refractivity contribution < 1.29 is 13.9 Å². The van der Waals surface area contributed by atoms with E-state index in [1.807, 2.05) is 32.9 Å². The molecule has 1 aliphatic rings. The van der Waals surface area contributed by atoms with Gasteiger partial charge in [0.1, 0.15) is 5.76 Å². The molecule has 0 aliphatic carbocycles. The molecule has 0 aromatic carbocycles. The summed E-state index contributed by atoms with van der Waals surface area (Å²) in [6, 6.07) is 3.91. The average Bonchev–Trinajstić information content (AvgIpc) is 2.93. The van der Waals surface area contributed by atoms with E-state index in [1.54, 1.807) is 6.26 Å². The van der Waals surface area contributed by atoms with E-state index >= 15 is 0 Å². The number of nitrogens with zero attached hydrogens (tertiary/aromatic N) is 1. The molecule has 1 unspecified atom stereocenters. The molecule has 1 fully saturated rings. The van der Waals surface area contributed by atoms with Crippen LogP contribution in [0, 0.1) is 5.41 Å². The summed E-state index contributed by atoms with van der Waals surface area (Å²) in [5.74, 6) is 0.948. The Morgan fingerprint density at radius 3 is 2.65 bits per heavy atom. The third-order valence-electron chi connectivity index (χ3n) is 3.50. The summed E-state index contributed by atoms with van der Waals surface area (Å²) < 4.78 is 10.9. The molecule has 1 aromatic rings. The van der Waals surface area contributed by atoms with Gasteiger partial charge < -0.3 is 14.5 Å². The standard InChI is InChI=1S/C15H24N2O3/c1-15(2,3)14(18)16-11-12(13-5-4-8-20-13)17-6-9-19-10-7-17/h4-5,8,12H,6-7,9-11H2,1-3H3,(H,16,18). The van der Waals surface area contributed by atoms with E-state index in [-0.39, 0.29) is 17.4 Å². The van der Waals surface area contributed by atoms with Crippen LogP contribution in [0.15, 0.2) is 22.8 Å². The molecular weight excluding hydrogens is 256 g/mol. The number of carbonyl (C=O) groups excluding carboxylic acids is 1. The van der Waals surface area contributed by atoms with Crippen LogP contribution in [0.1, 0.15) is 32.6 Å². The molecule has 1 amide bonds. The highest BCUT2D eigenvalue weighted by Gasteiger charge is 2.27. The number of carbonyl (C=O) groups is 1. The van der Waals surface area contributed by atoms with Gasteiger partial charge in [-0.2, -0.15) is 0 Å². The van der Waals surface area contributed by atoms with Crippen molar-refractivity contribution in [2.45, 2.75) is 26.8 Å². The van der Waals surface area contributed by atoms with Gasteiger partial charge in [0, 0.05) is 25.0 Å². The van der Waals surface area contributed by atoms with Crippen LogP contribution in [0.4, 0.5) is 0 Å². The van der Waals surface area contributed by atoms with Crippen molar-refractivity contribution in [1.82, 2.24) is 10.2 Å². The Morgan fingerprint density at radius 2 is 2.10 bits per heavy atom. The molecule has 1 N–H and O–H groups in total. The number of amides is 1. The van der Waals surface area contributed by atoms with E-state index < -0.39 is 0 Å². The van der Waals surface area contributed by atoms with Gasteiger partial charge in [-0.1, -0.05) is 20.8 Å². The Hall–Kier alpha value is -1.33. The number of nitrogens with one attached hydrogen (secondary N) is 1. The van der Waals surface area contributed by atoms with Gasteiger partial charge in [0.25, 0.3) is 0 Å². The predicted octanol–water partition coefficient (Wildman–Crippen LogP) is 1.82. The molecule has 5 nitrogen and oxygen atoms in total. The molecule has 1 saturated heterocycles. The van der Waals surface area contributed by atoms with Gasteiger partial charge in [0.15, 0.2) is 0 Å². The van der Waals surface area contributed by atoms with Crippen LogP contribution in [0.5, 0.6) is 0 Å². The maximum Gasteiger partial charge on any atom is 0.225 e. The average molecular weight is 280 g/mol. The minimum atomic E-state index is -0.376. The maximum atomic E-state index is 12.0. The Labute approximate surface area is 120 Å². The lowest BCUT2D eigenvalue weighted by Crippen LogP contribution is -2.45. The highest BCUT2D eigenvalue weighted by atomic mass is 16.5. The first-order valence-electron chi connectivity index (χ1n) is 7.12. The minimum Gasteiger partial charge on any atom is -0.468 e. The summed E-state index contributed by atoms with van der Waals surface area (Å²) in [4.78, 5) is 14.3. The number of ether oxygens (including phenoxy) is 1. The second-order valence-corrected chi connectivity index (χ2v) is 6.14. The zero-order valence-electron chi connectivity index (χ0n) is 12.5. The fraction of sp³-hybridized carbons (Fsp3) is 0.667. The second-order valence-electron chi connectivity index (χ2n) is 6.14. The lowest BCUT2D eigenvalue weighted by molar-refractivity contribution is -0.128. The fourth-order valence-corrected chi connectivity index (χ4v) is 2.23. The summed E-state index contributed by atoms with van der Waals surface area (Å²) in [5, 5.41) is 3.03. The number of furan rings is 1. The first kappa shape index (κ1) is 15.1. The van der Waals surface area contributed by atoms with Crippen LogP contribution in [-0.2, 0) is 9.53 Å². The van der Waals surface area contributed by atoms with Gasteiger partial charge in [0.05, 0.1) is 25.5 Å². The normalized spacial score (nSPS) is 18.8. The molecule has 0 spiro atoms. The van der Waals surface area contributed by atoms with Crippen LogP contribution in [0.2, 0.25) is 0 Å². The quantitative estimate of drug-likeness (QED) is 0.914. The topological polar surface area (TPSA) is 54.7 Å². The predicted molar refractivity (Wildman–Crippen MR) is 76.3 cm³/mol. The second kappa shape index (κ2) is 6.41. The molecule has 112 valence electrons. The Bertz CT molecular complexity index is 417. The Balaban J connectivity index is 2.02. The van der Waals surface area contributed by atoms with Gasteiger partial charge in [-0.05, 0) is 12.1 Å². The lowest BCUT2D eigenvalue weighted by Gasteiger charge is -2.34. The smallest absolute Gasteiger partial charge is 0.225 e. The van der Waals surface area contributed by atoms with E-state index in [2.05, 4.69) is 10.2 Å². The van der Waals surface area contributed by atoms with E-state index in [0.717, 1.165) is 32.1 Å². The van der Waals surface area contributed by atoms with Crippen LogP contribution in [0.3, 0.4) is 0 Å². The summed E-state index contributed by atoms with van der Waals surface area (Å²) in [5.41, 5.74) is -0.376. The van der Waals surface area contributed by atoms with Crippen LogP contribution < -0.4 is 5.32 Å². The Kier molecular flexibility index (Phi) is 4.83. The summed E-state index contributed by atoms with van der Waals surface area (Å²) >= 11 is 0. The van der Waals surface area contributed by atoms with Crippen LogP contribution >= 0.6 is 0 Å². The third kappa shape index (κ3) is 3.84. The van der Waals surface area contributed by atoms with E-state index in [9.17, 15) is 4.79 Å². The number of morpholine rings is 1. The monoisotopic (exact) mass is 280 g/mol. The minimum absolute atomic E-state index is 0.0577. The van der Waals surface area contributed by atoms with E-state index in [4.69, 9.17) is 9.15 Å². The Morgan fingerprint density at radius 1 is 1.40 bits per heavy atom. The molecular formula is C15H24N2O3. The summed E-state index contributed by atoms with van der Waals surface area (Å²) in [6.45, 7) is 9.48. The number of rotatable bonds is 4. The fourth-order valence-electron chi connectivity index (χ4n) is 2.23. The van der Waals surface area contributed by atoms with Crippen molar-refractivity contribution in [1.29, 1.82) is 0 Å². The molecule has 2 heterocycles. The lowest BCUT2D eigenvalue weighted by atomic mass is 9.95. The maximum absolute atomic E-state index is 12.0. The molecule has 20 heavy (non-hydrogen) atoms. The highest BCUT2D eigenvalue weighted by molar-refractivity contribution is 5.81. The first-order chi connectivity index (χ1) is 9.48. The van der Waals surface area contributed by atoms with E-state index in [1.165, 1.54) is 0 Å². The SMILES string of the molecule is CC(C)(C)C(=O)NCC(c1ccco1)N1CCOCC1. The van der Waals surface area contributed by atoms with Gasteiger partial charge in [-0.25, -0.2) is 0 Å². The number of hydrogen-bond acceptors (Lipinski definition) is 4. The van der Waals surface area contributed by atoms with Gasteiger partial charge in [-0.15, -0.1) is 0 Å². The largest absolute Gasteiger partial charge is 0.468 e. The molecule has 2 rings (SSSR count). The first-order valence-corrected chi connectivity index (χ1v) is 7.12. The van der Waals surface area contributed by atoms with Crippen molar-refractivity contribution in [3.8, 4) is 0 Å². The van der Waals surface area contributed by atoms with Crippen LogP contribution in [0.25, 0.3) is 0 Å². The zero-order chi connectivity index (χ0) is 14.6. The highest BCUT2D eigenvalue weighted by Crippen LogP contribution is 2.22. The molecule has 5 heteroatoms. The van der Waals surface area contributed by atoms with Gasteiger partial charge in [0.2, 0.25) is 5.91 Å². The summed E-state index contributed by atoms with van der Waals surface area (Å²) in [6.07, 6.45) is 1.67. The van der Waals surface area contributed by atoms with Crippen LogP contribution in [-0.4, -0.2) is 43.7 Å². The van der Waals surface area contributed by atoms with Crippen molar-refractivity contribution in [3.05, 3.63) is 24.2 Å². The molecule has 0 radical (unpaired) electrons.